The summed E-state index contributed by atoms with van der Waals surface area (Å²) in [6, 6.07) is 21.2. The Morgan fingerprint density at radius 2 is 1.52 bits per heavy atom. The molecule has 0 spiro atoms. The standard InChI is InChI=1S/C32H29N3O5S.C8H18N2O/c36-19-33-25-5-3-4-23(18-25)29(37)35-31-28(26-6-1-2-7-27(26)41-31)30(38)34-24-16-12-21(13-17-24)9-8-20-10-14-22(15-11-20)32(39)40;1-9(2)3-4-10-5-7-11-8-6-10/h3-5,10-19H,1-2,6-9H2,(H,33,36)(H,34,38)(H,35,37)(H,39,40);3-8H2,1-2H3. The summed E-state index contributed by atoms with van der Waals surface area (Å²) in [6.07, 6.45) is 5.80. The molecule has 0 bridgehead atoms. The molecule has 1 aromatic heterocycles. The Morgan fingerprint density at radius 1 is 0.846 bits per heavy atom. The van der Waals surface area contributed by atoms with E-state index in [0.29, 0.717) is 33.9 Å². The maximum absolute atomic E-state index is 13.5. The molecule has 274 valence electrons. The van der Waals surface area contributed by atoms with Gasteiger partial charge in [0.2, 0.25) is 6.41 Å². The number of anilines is 3. The fourth-order valence-electron chi connectivity index (χ4n) is 6.10. The van der Waals surface area contributed by atoms with Gasteiger partial charge in [-0.05, 0) is 112 Å². The fourth-order valence-corrected chi connectivity index (χ4v) is 7.39. The Hall–Kier alpha value is -4.88. The largest absolute Gasteiger partial charge is 0.478 e. The summed E-state index contributed by atoms with van der Waals surface area (Å²) in [5.41, 5.74) is 5.46. The lowest BCUT2D eigenvalue weighted by Crippen LogP contribution is -2.40. The third-order valence-corrected chi connectivity index (χ3v) is 10.3. The summed E-state index contributed by atoms with van der Waals surface area (Å²) < 4.78 is 5.25. The number of carboxylic acids is 1. The summed E-state index contributed by atoms with van der Waals surface area (Å²) in [4.78, 5) is 54.3. The lowest BCUT2D eigenvalue weighted by molar-refractivity contribution is -0.105. The molecule has 12 heteroatoms. The molecule has 11 nitrogen and oxygen atoms in total. The maximum atomic E-state index is 13.5. The highest BCUT2D eigenvalue weighted by atomic mass is 32.1. The summed E-state index contributed by atoms with van der Waals surface area (Å²) in [7, 11) is 4.22. The van der Waals surface area contributed by atoms with E-state index in [1.165, 1.54) is 17.9 Å². The normalized spacial score (nSPS) is 14.1. The molecule has 1 aliphatic heterocycles. The van der Waals surface area contributed by atoms with E-state index in [0.717, 1.165) is 92.9 Å². The molecule has 4 N–H and O–H groups in total. The van der Waals surface area contributed by atoms with Crippen LogP contribution in [0, 0.1) is 0 Å². The number of ether oxygens (including phenoxy) is 1. The van der Waals surface area contributed by atoms with Gasteiger partial charge >= 0.3 is 5.97 Å². The quantitative estimate of drug-likeness (QED) is 0.122. The number of carbonyl (C=O) groups is 4. The van der Waals surface area contributed by atoms with Gasteiger partial charge in [-0.2, -0.15) is 0 Å². The second-order valence-corrected chi connectivity index (χ2v) is 14.2. The van der Waals surface area contributed by atoms with Crippen molar-refractivity contribution in [2.45, 2.75) is 38.5 Å². The van der Waals surface area contributed by atoms with Crippen LogP contribution >= 0.6 is 11.3 Å². The topological polar surface area (TPSA) is 140 Å². The molecule has 6 rings (SSSR count). The van der Waals surface area contributed by atoms with E-state index in [2.05, 4.69) is 39.8 Å². The molecule has 3 amide bonds. The van der Waals surface area contributed by atoms with Gasteiger partial charge in [0.1, 0.15) is 5.00 Å². The predicted molar refractivity (Wildman–Crippen MR) is 206 cm³/mol. The smallest absolute Gasteiger partial charge is 0.335 e. The zero-order valence-corrected chi connectivity index (χ0v) is 30.6. The van der Waals surface area contributed by atoms with Crippen LogP contribution in [-0.2, 0) is 35.2 Å². The van der Waals surface area contributed by atoms with Gasteiger partial charge in [0.25, 0.3) is 11.8 Å². The Labute approximate surface area is 309 Å². The van der Waals surface area contributed by atoms with Crippen LogP contribution in [0.15, 0.2) is 72.8 Å². The maximum Gasteiger partial charge on any atom is 0.335 e. The van der Waals surface area contributed by atoms with Crippen molar-refractivity contribution in [1.29, 1.82) is 0 Å². The summed E-state index contributed by atoms with van der Waals surface area (Å²) in [5, 5.41) is 18.1. The number of hydrogen-bond donors (Lipinski definition) is 4. The van der Waals surface area contributed by atoms with Crippen LogP contribution in [-0.4, -0.2) is 92.6 Å². The number of aromatic carboxylic acids is 1. The van der Waals surface area contributed by atoms with Crippen LogP contribution in [0.4, 0.5) is 16.4 Å². The number of aryl methyl sites for hydroxylation is 3. The Kier molecular flexibility index (Phi) is 14.1. The van der Waals surface area contributed by atoms with Gasteiger partial charge in [-0.25, -0.2) is 4.79 Å². The average Bonchev–Trinajstić information content (AvgIpc) is 3.52. The summed E-state index contributed by atoms with van der Waals surface area (Å²) in [5.74, 6) is -1.55. The highest BCUT2D eigenvalue weighted by Gasteiger charge is 2.27. The van der Waals surface area contributed by atoms with Crippen LogP contribution in [0.5, 0.6) is 0 Å². The fraction of sp³-hybridized carbons (Fsp3) is 0.350. The number of carbonyl (C=O) groups excluding carboxylic acids is 3. The molecule has 1 fully saturated rings. The van der Waals surface area contributed by atoms with Gasteiger partial charge in [-0.15, -0.1) is 11.3 Å². The second kappa shape index (κ2) is 19.1. The van der Waals surface area contributed by atoms with Crippen molar-refractivity contribution in [3.8, 4) is 0 Å². The van der Waals surface area contributed by atoms with Crippen molar-refractivity contribution in [3.05, 3.63) is 111 Å². The van der Waals surface area contributed by atoms with Gasteiger partial charge in [-0.3, -0.25) is 19.3 Å². The molecule has 0 atom stereocenters. The Morgan fingerprint density at radius 3 is 2.17 bits per heavy atom. The molecule has 1 saturated heterocycles. The van der Waals surface area contributed by atoms with Crippen molar-refractivity contribution < 1.29 is 29.0 Å². The SMILES string of the molecule is CN(C)CCN1CCOCC1.O=CNc1cccc(C(=O)Nc2sc3c(c2C(=O)Nc2ccc(CCc4ccc(C(=O)O)cc4)cc2)CCCC3)c1. The number of morpholine rings is 1. The average molecular weight is 726 g/mol. The number of likely N-dealkylation sites (N-methyl/N-ethyl adjacent to an activating group) is 1. The van der Waals surface area contributed by atoms with Crippen molar-refractivity contribution >= 4 is 51.9 Å². The second-order valence-electron chi connectivity index (χ2n) is 13.1. The van der Waals surface area contributed by atoms with Gasteiger partial charge < -0.3 is 30.7 Å². The molecule has 1 aliphatic carbocycles. The van der Waals surface area contributed by atoms with Crippen LogP contribution in [0.2, 0.25) is 0 Å². The zero-order valence-electron chi connectivity index (χ0n) is 29.8. The molecule has 0 unspecified atom stereocenters. The zero-order chi connectivity index (χ0) is 36.9. The molecular formula is C40H47N5O6S. The first kappa shape index (κ1) is 38.4. The van der Waals surface area contributed by atoms with E-state index >= 15 is 0 Å². The number of nitrogens with zero attached hydrogens (tertiary/aromatic N) is 2. The molecule has 2 heterocycles. The third-order valence-electron chi connectivity index (χ3n) is 9.06. The molecule has 4 aromatic rings. The number of rotatable bonds is 13. The molecule has 0 radical (unpaired) electrons. The van der Waals surface area contributed by atoms with Crippen molar-refractivity contribution in [2.24, 2.45) is 0 Å². The minimum Gasteiger partial charge on any atom is -0.478 e. The van der Waals surface area contributed by atoms with Crippen LogP contribution in [0.3, 0.4) is 0 Å². The van der Waals surface area contributed by atoms with Crippen molar-refractivity contribution in [2.75, 3.05) is 69.4 Å². The van der Waals surface area contributed by atoms with E-state index in [4.69, 9.17) is 9.84 Å². The number of hydrogen-bond acceptors (Lipinski definition) is 8. The van der Waals surface area contributed by atoms with Gasteiger partial charge in [0.05, 0.1) is 24.3 Å². The number of amides is 3. The summed E-state index contributed by atoms with van der Waals surface area (Å²) >= 11 is 1.45. The van der Waals surface area contributed by atoms with Crippen LogP contribution in [0.25, 0.3) is 0 Å². The number of benzene rings is 3. The van der Waals surface area contributed by atoms with Crippen molar-refractivity contribution in [3.63, 3.8) is 0 Å². The summed E-state index contributed by atoms with van der Waals surface area (Å²) in [6.45, 7) is 6.36. The first-order valence-electron chi connectivity index (χ1n) is 17.6. The van der Waals surface area contributed by atoms with E-state index in [1.54, 1.807) is 36.4 Å². The van der Waals surface area contributed by atoms with E-state index < -0.39 is 5.97 Å². The Bertz CT molecular complexity index is 1820. The van der Waals surface area contributed by atoms with E-state index in [-0.39, 0.29) is 17.4 Å². The van der Waals surface area contributed by atoms with Gasteiger partial charge in [0, 0.05) is 48.0 Å². The first-order chi connectivity index (χ1) is 25.2. The molecule has 2 aliphatic rings. The van der Waals surface area contributed by atoms with Crippen LogP contribution < -0.4 is 16.0 Å². The van der Waals surface area contributed by atoms with Crippen molar-refractivity contribution in [1.82, 2.24) is 9.80 Å². The highest BCUT2D eigenvalue weighted by molar-refractivity contribution is 7.17. The Balaban J connectivity index is 0.000000407. The van der Waals surface area contributed by atoms with Gasteiger partial charge in [-0.1, -0.05) is 30.3 Å². The monoisotopic (exact) mass is 725 g/mol. The minimum absolute atomic E-state index is 0.262. The van der Waals surface area contributed by atoms with Gasteiger partial charge in [0.15, 0.2) is 0 Å². The lowest BCUT2D eigenvalue weighted by atomic mass is 9.95. The lowest BCUT2D eigenvalue weighted by Gasteiger charge is -2.27. The molecule has 52 heavy (non-hydrogen) atoms. The molecule has 3 aromatic carbocycles. The first-order valence-corrected chi connectivity index (χ1v) is 18.5. The van der Waals surface area contributed by atoms with E-state index in [9.17, 15) is 19.2 Å². The minimum atomic E-state index is -0.940. The number of nitrogens with one attached hydrogen (secondary N) is 3. The van der Waals surface area contributed by atoms with Crippen LogP contribution in [0.1, 0.15) is 65.5 Å². The number of thiophene rings is 1. The number of fused-ring (bicyclic) bond motifs is 1. The van der Waals surface area contributed by atoms with E-state index in [1.807, 2.05) is 36.4 Å². The molecular weight excluding hydrogens is 679 g/mol. The molecule has 0 saturated carbocycles. The number of carboxylic acid groups (broad SMARTS) is 1. The highest BCUT2D eigenvalue weighted by Crippen LogP contribution is 2.39. The third kappa shape index (κ3) is 11.1. The predicted octanol–water partition coefficient (Wildman–Crippen LogP) is 6.06.